The second-order valence-corrected chi connectivity index (χ2v) is 5.57. The molecule has 0 bridgehead atoms. The fraction of sp³-hybridized carbons (Fsp3) is 0.200. The Morgan fingerprint density at radius 3 is 2.68 bits per heavy atom. The topological polar surface area (TPSA) is 52.9 Å². The van der Waals surface area contributed by atoms with Gasteiger partial charge in [0, 0.05) is 17.0 Å². The summed E-state index contributed by atoms with van der Waals surface area (Å²) in [5, 5.41) is 13.3. The molecule has 0 aliphatic heterocycles. The zero-order valence-electron chi connectivity index (χ0n) is 11.2. The molecule has 0 aliphatic rings. The van der Waals surface area contributed by atoms with Gasteiger partial charge in [0.1, 0.15) is 5.92 Å². The molecule has 2 rings (SSSR count). The van der Waals surface area contributed by atoms with Crippen LogP contribution in [0.2, 0.25) is 0 Å². The first kappa shape index (κ1) is 16.0. The third kappa shape index (κ3) is 4.09. The molecule has 0 saturated carbocycles. The molecular formula is C15H11F3N2OS. The number of hydrogen-bond donors (Lipinski definition) is 1. The van der Waals surface area contributed by atoms with Gasteiger partial charge >= 0.3 is 6.18 Å². The molecule has 3 nitrogen and oxygen atoms in total. The van der Waals surface area contributed by atoms with Crippen LogP contribution in [0.25, 0.3) is 0 Å². The van der Waals surface area contributed by atoms with Crippen LogP contribution in [-0.4, -0.2) is 5.91 Å². The average molecular weight is 324 g/mol. The Hall–Kier alpha value is -2.33. The fourth-order valence-corrected chi connectivity index (χ4v) is 2.58. The van der Waals surface area contributed by atoms with Gasteiger partial charge in [-0.2, -0.15) is 18.4 Å². The van der Waals surface area contributed by atoms with Gasteiger partial charge in [0.15, 0.2) is 0 Å². The van der Waals surface area contributed by atoms with Crippen LogP contribution in [0.4, 0.5) is 18.9 Å². The molecule has 1 aromatic heterocycles. The zero-order chi connectivity index (χ0) is 16.2. The number of rotatable bonds is 4. The third-order valence-electron chi connectivity index (χ3n) is 2.92. The second kappa shape index (κ2) is 6.62. The lowest BCUT2D eigenvalue weighted by atomic mass is 10.1. The number of carbonyl (C=O) groups is 1. The van der Waals surface area contributed by atoms with Crippen LogP contribution in [-0.2, 0) is 17.4 Å². The van der Waals surface area contributed by atoms with Gasteiger partial charge in [-0.15, -0.1) is 11.3 Å². The van der Waals surface area contributed by atoms with Crippen molar-refractivity contribution >= 4 is 22.9 Å². The highest BCUT2D eigenvalue weighted by Gasteiger charge is 2.30. The van der Waals surface area contributed by atoms with Crippen LogP contribution in [0.3, 0.4) is 0 Å². The molecule has 0 spiro atoms. The largest absolute Gasteiger partial charge is 0.416 e. The number of anilines is 1. The molecule has 0 aliphatic carbocycles. The molecule has 1 unspecified atom stereocenters. The van der Waals surface area contributed by atoms with Crippen molar-refractivity contribution in [2.45, 2.75) is 12.6 Å². The fourth-order valence-electron chi connectivity index (χ4n) is 1.83. The summed E-state index contributed by atoms with van der Waals surface area (Å²) in [6.45, 7) is 0. The normalized spacial score (nSPS) is 12.5. The molecule has 1 atom stereocenters. The van der Waals surface area contributed by atoms with Gasteiger partial charge in [0.25, 0.3) is 0 Å². The molecule has 114 valence electrons. The predicted molar refractivity (Wildman–Crippen MR) is 77.2 cm³/mol. The highest BCUT2D eigenvalue weighted by Crippen LogP contribution is 2.30. The Morgan fingerprint density at radius 1 is 1.32 bits per heavy atom. The second-order valence-electron chi connectivity index (χ2n) is 4.53. The summed E-state index contributed by atoms with van der Waals surface area (Å²) < 4.78 is 37.9. The monoisotopic (exact) mass is 324 g/mol. The molecule has 1 N–H and O–H groups in total. The van der Waals surface area contributed by atoms with Crippen LogP contribution >= 0.6 is 11.3 Å². The summed E-state index contributed by atoms with van der Waals surface area (Å²) in [4.78, 5) is 12.9. The zero-order valence-corrected chi connectivity index (χ0v) is 12.0. The first-order chi connectivity index (χ1) is 10.4. The minimum absolute atomic E-state index is 0.0197. The van der Waals surface area contributed by atoms with E-state index in [1.54, 1.807) is 12.1 Å². The Morgan fingerprint density at radius 2 is 2.09 bits per heavy atom. The van der Waals surface area contributed by atoms with E-state index in [-0.39, 0.29) is 12.1 Å². The maximum atomic E-state index is 12.6. The van der Waals surface area contributed by atoms with E-state index in [4.69, 9.17) is 5.26 Å². The number of carbonyl (C=O) groups excluding carboxylic acids is 1. The third-order valence-corrected chi connectivity index (χ3v) is 3.81. The van der Waals surface area contributed by atoms with Gasteiger partial charge in [-0.1, -0.05) is 12.1 Å². The van der Waals surface area contributed by atoms with E-state index in [0.717, 1.165) is 17.0 Å². The Bertz CT molecular complexity index is 690. The molecule has 0 saturated heterocycles. The van der Waals surface area contributed by atoms with Crippen LogP contribution in [0.5, 0.6) is 0 Å². The Labute approximate surface area is 129 Å². The molecule has 1 heterocycles. The highest BCUT2D eigenvalue weighted by atomic mass is 32.1. The molecule has 7 heteroatoms. The van der Waals surface area contributed by atoms with Gasteiger partial charge in [-0.05, 0) is 29.6 Å². The van der Waals surface area contributed by atoms with Crippen molar-refractivity contribution in [3.8, 4) is 6.07 Å². The van der Waals surface area contributed by atoms with E-state index in [0.29, 0.717) is 0 Å². The number of hydrogen-bond acceptors (Lipinski definition) is 3. The van der Waals surface area contributed by atoms with E-state index < -0.39 is 23.6 Å². The van der Waals surface area contributed by atoms with Crippen molar-refractivity contribution < 1.29 is 18.0 Å². The summed E-state index contributed by atoms with van der Waals surface area (Å²) in [7, 11) is 0. The average Bonchev–Trinajstić information content (AvgIpc) is 2.97. The smallest absolute Gasteiger partial charge is 0.325 e. The number of nitrogens with one attached hydrogen (secondary N) is 1. The van der Waals surface area contributed by atoms with Gasteiger partial charge in [0.05, 0.1) is 11.6 Å². The summed E-state index contributed by atoms with van der Waals surface area (Å²) in [5.74, 6) is -1.57. The van der Waals surface area contributed by atoms with Gasteiger partial charge < -0.3 is 5.32 Å². The lowest BCUT2D eigenvalue weighted by Gasteiger charge is -2.12. The molecule has 0 radical (unpaired) electrons. The number of nitriles is 1. The van der Waals surface area contributed by atoms with Crippen LogP contribution in [0, 0.1) is 17.2 Å². The maximum Gasteiger partial charge on any atom is 0.416 e. The Kier molecular flexibility index (Phi) is 4.83. The summed E-state index contributed by atoms with van der Waals surface area (Å²) in [6, 6.07) is 9.81. The van der Waals surface area contributed by atoms with Gasteiger partial charge in [-0.25, -0.2) is 0 Å². The standard InChI is InChI=1S/C15H11F3N2OS/c16-15(17,18)11-3-1-4-12(8-11)20-14(21)10(9-19)7-13-5-2-6-22-13/h1-6,8,10H,7H2,(H,20,21). The van der Waals surface area contributed by atoms with Crippen LogP contribution in [0.1, 0.15) is 10.4 Å². The lowest BCUT2D eigenvalue weighted by Crippen LogP contribution is -2.23. The minimum atomic E-state index is -4.48. The molecule has 1 aromatic carbocycles. The van der Waals surface area contributed by atoms with E-state index >= 15 is 0 Å². The lowest BCUT2D eigenvalue weighted by molar-refractivity contribution is -0.137. The molecule has 22 heavy (non-hydrogen) atoms. The number of nitrogens with zero attached hydrogens (tertiary/aromatic N) is 1. The van der Waals surface area contributed by atoms with E-state index in [1.165, 1.54) is 23.5 Å². The van der Waals surface area contributed by atoms with Crippen molar-refractivity contribution in [1.29, 1.82) is 5.26 Å². The number of benzene rings is 1. The molecular weight excluding hydrogens is 313 g/mol. The van der Waals surface area contributed by atoms with Gasteiger partial charge in [-0.3, -0.25) is 4.79 Å². The van der Waals surface area contributed by atoms with E-state index in [9.17, 15) is 18.0 Å². The molecule has 2 aromatic rings. The van der Waals surface area contributed by atoms with Gasteiger partial charge in [0.2, 0.25) is 5.91 Å². The molecule has 1 amide bonds. The number of thiophene rings is 1. The number of amides is 1. The summed E-state index contributed by atoms with van der Waals surface area (Å²) in [5.41, 5.74) is -0.830. The summed E-state index contributed by atoms with van der Waals surface area (Å²) in [6.07, 6.45) is -4.24. The SMILES string of the molecule is N#CC(Cc1cccs1)C(=O)Nc1cccc(C(F)(F)F)c1. The van der Waals surface area contributed by atoms with Crippen molar-refractivity contribution in [2.75, 3.05) is 5.32 Å². The van der Waals surface area contributed by atoms with Crippen molar-refractivity contribution in [3.63, 3.8) is 0 Å². The van der Waals surface area contributed by atoms with E-state index in [2.05, 4.69) is 5.32 Å². The first-order valence-corrected chi connectivity index (χ1v) is 7.18. The minimum Gasteiger partial charge on any atom is -0.325 e. The number of alkyl halides is 3. The Balaban J connectivity index is 2.09. The molecule has 0 fully saturated rings. The van der Waals surface area contributed by atoms with Crippen molar-refractivity contribution in [1.82, 2.24) is 0 Å². The number of halogens is 3. The predicted octanol–water partition coefficient (Wildman–Crippen LogP) is 4.09. The maximum absolute atomic E-state index is 12.6. The van der Waals surface area contributed by atoms with Crippen LogP contribution < -0.4 is 5.32 Å². The highest BCUT2D eigenvalue weighted by molar-refractivity contribution is 7.09. The quantitative estimate of drug-likeness (QED) is 0.921. The van der Waals surface area contributed by atoms with E-state index in [1.807, 2.05) is 11.4 Å². The van der Waals surface area contributed by atoms with Crippen molar-refractivity contribution in [3.05, 3.63) is 52.2 Å². The first-order valence-electron chi connectivity index (χ1n) is 6.30. The summed E-state index contributed by atoms with van der Waals surface area (Å²) >= 11 is 1.42. The van der Waals surface area contributed by atoms with Crippen molar-refractivity contribution in [2.24, 2.45) is 5.92 Å². The van der Waals surface area contributed by atoms with Crippen LogP contribution in [0.15, 0.2) is 41.8 Å².